The molecular weight excluding hydrogens is 140 g/mol. The summed E-state index contributed by atoms with van der Waals surface area (Å²) in [5, 5.41) is 18.9. The lowest BCUT2D eigenvalue weighted by Gasteiger charge is -2.04. The Balaban J connectivity index is 4.13. The smallest absolute Gasteiger partial charge is 0.182 e. The number of aliphatic imine (C=N–C) groups is 1. The topological polar surface area (TPSA) is 72.0 Å². The minimum atomic E-state index is 0.0994. The lowest BCUT2D eigenvalue weighted by Crippen LogP contribution is -2.23. The number of rotatable bonds is 2. The van der Waals surface area contributed by atoms with Gasteiger partial charge in [-0.05, 0) is 0 Å². The summed E-state index contributed by atoms with van der Waals surface area (Å²) in [6.07, 6.45) is 1.77. The highest BCUT2D eigenvalue weighted by Crippen LogP contribution is 1.93. The molecule has 0 aromatic carbocycles. The molecule has 0 amide bonds. The van der Waals surface area contributed by atoms with Crippen LogP contribution in [0, 0.1) is 28.7 Å². The fourth-order valence-corrected chi connectivity index (χ4v) is 0.544. The van der Waals surface area contributed by atoms with Crippen LogP contribution in [0.25, 0.3) is 0 Å². The average Bonchev–Trinajstić information content (AvgIpc) is 1.97. The van der Waals surface area contributed by atoms with Crippen molar-refractivity contribution in [1.29, 1.82) is 10.5 Å². The van der Waals surface area contributed by atoms with E-state index < -0.39 is 0 Å². The van der Waals surface area contributed by atoms with Crippen molar-refractivity contribution in [2.24, 2.45) is 10.9 Å². The van der Waals surface area contributed by atoms with Gasteiger partial charge in [-0.3, -0.25) is 10.3 Å². The van der Waals surface area contributed by atoms with Crippen molar-refractivity contribution in [3.05, 3.63) is 0 Å². The highest BCUT2D eigenvalue weighted by atomic mass is 15.0. The fourth-order valence-electron chi connectivity index (χ4n) is 0.544. The van der Waals surface area contributed by atoms with Crippen LogP contribution < -0.4 is 5.32 Å². The third-order valence-electron chi connectivity index (χ3n) is 1.05. The van der Waals surface area contributed by atoms with Gasteiger partial charge in [0.2, 0.25) is 0 Å². The molecule has 0 bridgehead atoms. The van der Waals surface area contributed by atoms with E-state index >= 15 is 0 Å². The molecular formula is C7H10N4. The summed E-state index contributed by atoms with van der Waals surface area (Å²) in [4.78, 5) is 3.85. The van der Waals surface area contributed by atoms with E-state index in [1.54, 1.807) is 6.19 Å². The van der Waals surface area contributed by atoms with Gasteiger partial charge in [0.15, 0.2) is 6.19 Å². The van der Waals surface area contributed by atoms with Gasteiger partial charge in [-0.1, -0.05) is 13.8 Å². The Bertz CT molecular complexity index is 216. The summed E-state index contributed by atoms with van der Waals surface area (Å²) in [6.45, 7) is 3.91. The largest absolute Gasteiger partial charge is 0.280 e. The van der Waals surface area contributed by atoms with Gasteiger partial charge in [0, 0.05) is 5.92 Å². The zero-order valence-electron chi connectivity index (χ0n) is 6.63. The Morgan fingerprint density at radius 1 is 1.55 bits per heavy atom. The number of nitrogens with zero attached hydrogens (tertiary/aromatic N) is 3. The first-order chi connectivity index (χ1) is 5.22. The van der Waals surface area contributed by atoms with E-state index in [2.05, 4.69) is 10.3 Å². The zero-order chi connectivity index (χ0) is 8.69. The van der Waals surface area contributed by atoms with Crippen molar-refractivity contribution >= 4 is 5.84 Å². The first-order valence-electron chi connectivity index (χ1n) is 3.28. The molecule has 11 heavy (non-hydrogen) atoms. The lowest BCUT2D eigenvalue weighted by atomic mass is 10.2. The van der Waals surface area contributed by atoms with Crippen molar-refractivity contribution in [2.75, 3.05) is 6.54 Å². The van der Waals surface area contributed by atoms with E-state index in [1.165, 1.54) is 0 Å². The molecule has 0 saturated heterocycles. The molecule has 0 spiro atoms. The quantitative estimate of drug-likeness (QED) is 0.206. The molecule has 0 aromatic rings. The summed E-state index contributed by atoms with van der Waals surface area (Å²) in [5.41, 5.74) is 0. The van der Waals surface area contributed by atoms with Crippen LogP contribution in [0.5, 0.6) is 0 Å². The van der Waals surface area contributed by atoms with E-state index in [4.69, 9.17) is 10.5 Å². The third-order valence-corrected chi connectivity index (χ3v) is 1.05. The maximum Gasteiger partial charge on any atom is 0.182 e. The molecule has 0 rings (SSSR count). The molecule has 0 atom stereocenters. The van der Waals surface area contributed by atoms with Crippen LogP contribution in [0.4, 0.5) is 0 Å². The predicted octanol–water partition coefficient (Wildman–Crippen LogP) is 0.635. The van der Waals surface area contributed by atoms with Crippen molar-refractivity contribution in [1.82, 2.24) is 5.32 Å². The van der Waals surface area contributed by atoms with Crippen LogP contribution in [0.3, 0.4) is 0 Å². The van der Waals surface area contributed by atoms with Crippen LogP contribution in [-0.4, -0.2) is 12.4 Å². The van der Waals surface area contributed by atoms with Crippen LogP contribution in [0.2, 0.25) is 0 Å². The zero-order valence-corrected chi connectivity index (χ0v) is 6.63. The molecule has 1 N–H and O–H groups in total. The van der Waals surface area contributed by atoms with Crippen LogP contribution in [0.1, 0.15) is 13.8 Å². The van der Waals surface area contributed by atoms with Gasteiger partial charge in [-0.25, -0.2) is 0 Å². The van der Waals surface area contributed by atoms with E-state index in [0.717, 1.165) is 0 Å². The predicted molar refractivity (Wildman–Crippen MR) is 41.5 cm³/mol. The molecule has 4 nitrogen and oxygen atoms in total. The first-order valence-corrected chi connectivity index (χ1v) is 3.28. The average molecular weight is 150 g/mol. The Morgan fingerprint density at radius 3 is 2.55 bits per heavy atom. The summed E-state index contributed by atoms with van der Waals surface area (Å²) in [6, 6.07) is 1.87. The molecule has 0 heterocycles. The Kier molecular flexibility index (Phi) is 4.51. The van der Waals surface area contributed by atoms with Gasteiger partial charge in [0.1, 0.15) is 12.4 Å². The van der Waals surface area contributed by atoms with Gasteiger partial charge in [-0.15, -0.1) is 0 Å². The normalized spacial score (nSPS) is 10.5. The minimum Gasteiger partial charge on any atom is -0.280 e. The molecule has 58 valence electrons. The van der Waals surface area contributed by atoms with Gasteiger partial charge < -0.3 is 0 Å². The maximum absolute atomic E-state index is 8.26. The van der Waals surface area contributed by atoms with Crippen molar-refractivity contribution in [2.45, 2.75) is 13.8 Å². The van der Waals surface area contributed by atoms with E-state index in [1.807, 2.05) is 19.9 Å². The number of amidine groups is 1. The second-order valence-corrected chi connectivity index (χ2v) is 2.25. The molecule has 0 unspecified atom stereocenters. The molecule has 0 aliphatic carbocycles. The molecule has 4 heteroatoms. The Labute approximate surface area is 66.2 Å². The number of hydrogen-bond donors (Lipinski definition) is 1. The fraction of sp³-hybridized carbons (Fsp3) is 0.571. The summed E-state index contributed by atoms with van der Waals surface area (Å²) >= 11 is 0. The van der Waals surface area contributed by atoms with Crippen LogP contribution >= 0.6 is 0 Å². The second-order valence-electron chi connectivity index (χ2n) is 2.25. The molecule has 0 aliphatic heterocycles. The van der Waals surface area contributed by atoms with Gasteiger partial charge in [-0.2, -0.15) is 10.5 Å². The van der Waals surface area contributed by atoms with E-state index in [-0.39, 0.29) is 12.5 Å². The van der Waals surface area contributed by atoms with Crippen LogP contribution in [-0.2, 0) is 0 Å². The lowest BCUT2D eigenvalue weighted by molar-refractivity contribution is 0.843. The number of nitriles is 2. The summed E-state index contributed by atoms with van der Waals surface area (Å²) < 4.78 is 0. The van der Waals surface area contributed by atoms with Gasteiger partial charge >= 0.3 is 0 Å². The Hall–Kier alpha value is -1.55. The second kappa shape index (κ2) is 5.25. The Morgan fingerprint density at radius 2 is 2.18 bits per heavy atom. The summed E-state index contributed by atoms with van der Waals surface area (Å²) in [5.74, 6) is 0.719. The monoisotopic (exact) mass is 150 g/mol. The highest BCUT2D eigenvalue weighted by Gasteiger charge is 2.01. The molecule has 0 aliphatic rings. The van der Waals surface area contributed by atoms with Crippen molar-refractivity contribution in [3.63, 3.8) is 0 Å². The molecule has 0 fully saturated rings. The summed E-state index contributed by atoms with van der Waals surface area (Å²) in [7, 11) is 0. The van der Waals surface area contributed by atoms with Gasteiger partial charge in [0.05, 0.1) is 6.07 Å². The minimum absolute atomic E-state index is 0.0994. The SMILES string of the molecule is CC(C)C(=NCC#N)NC#N. The maximum atomic E-state index is 8.26. The molecule has 0 radical (unpaired) electrons. The highest BCUT2D eigenvalue weighted by molar-refractivity contribution is 5.85. The first kappa shape index (κ1) is 9.45. The van der Waals surface area contributed by atoms with Crippen LogP contribution in [0.15, 0.2) is 4.99 Å². The number of hydrogen-bond acceptors (Lipinski definition) is 3. The van der Waals surface area contributed by atoms with Crippen molar-refractivity contribution in [3.8, 4) is 12.3 Å². The van der Waals surface area contributed by atoms with E-state index in [9.17, 15) is 0 Å². The van der Waals surface area contributed by atoms with E-state index in [0.29, 0.717) is 5.84 Å². The van der Waals surface area contributed by atoms with Gasteiger partial charge in [0.25, 0.3) is 0 Å². The number of nitrogens with one attached hydrogen (secondary N) is 1. The van der Waals surface area contributed by atoms with Crippen molar-refractivity contribution < 1.29 is 0 Å². The third kappa shape index (κ3) is 3.94. The molecule has 0 aromatic heterocycles. The molecule has 0 saturated carbocycles. The standard InChI is InChI=1S/C7H10N4/c1-6(2)7(11-5-9)10-4-3-8/h6H,4H2,1-2H3,(H,10,11).